The lowest BCUT2D eigenvalue weighted by Crippen LogP contribution is -1.97. The van der Waals surface area contributed by atoms with E-state index in [1.807, 2.05) is 32.0 Å². The van der Waals surface area contributed by atoms with E-state index in [9.17, 15) is 4.39 Å². The minimum Gasteiger partial charge on any atom is -0.457 e. The molecule has 0 unspecified atom stereocenters. The topological polar surface area (TPSA) is 35.2 Å². The maximum absolute atomic E-state index is 13.0. The maximum Gasteiger partial charge on any atom is 0.130 e. The summed E-state index contributed by atoms with van der Waals surface area (Å²) >= 11 is 0. The van der Waals surface area contributed by atoms with Gasteiger partial charge in [0.05, 0.1) is 0 Å². The zero-order valence-corrected chi connectivity index (χ0v) is 10.5. The summed E-state index contributed by atoms with van der Waals surface area (Å²) in [6, 6.07) is 10.3. The van der Waals surface area contributed by atoms with Gasteiger partial charge in [-0.25, -0.2) is 4.39 Å². The number of rotatable bonds is 3. The van der Waals surface area contributed by atoms with Crippen molar-refractivity contribution in [3.8, 4) is 11.5 Å². The van der Waals surface area contributed by atoms with Gasteiger partial charge in [-0.3, -0.25) is 0 Å². The van der Waals surface area contributed by atoms with Crippen LogP contribution in [0.3, 0.4) is 0 Å². The van der Waals surface area contributed by atoms with Crippen molar-refractivity contribution < 1.29 is 9.13 Å². The van der Waals surface area contributed by atoms with Gasteiger partial charge in [-0.1, -0.05) is 12.1 Å². The second kappa shape index (κ2) is 5.19. The third kappa shape index (κ3) is 2.68. The molecule has 0 aliphatic rings. The molecule has 0 saturated heterocycles. The van der Waals surface area contributed by atoms with Crippen LogP contribution < -0.4 is 10.5 Å². The molecule has 0 spiro atoms. The van der Waals surface area contributed by atoms with E-state index >= 15 is 0 Å². The highest BCUT2D eigenvalue weighted by atomic mass is 19.1. The third-order valence-electron chi connectivity index (χ3n) is 2.83. The lowest BCUT2D eigenvalue weighted by molar-refractivity contribution is 0.472. The van der Waals surface area contributed by atoms with Gasteiger partial charge in [0.2, 0.25) is 0 Å². The standard InChI is InChI=1S/C15H16FNO/c1-10-7-12(9-17)3-5-14(10)18-15-6-4-13(16)8-11(15)2/h3-8H,9,17H2,1-2H3. The molecule has 2 aromatic carbocycles. The highest BCUT2D eigenvalue weighted by molar-refractivity contribution is 5.42. The fourth-order valence-electron chi connectivity index (χ4n) is 1.80. The van der Waals surface area contributed by atoms with Crippen molar-refractivity contribution in [1.82, 2.24) is 0 Å². The molecule has 0 aliphatic heterocycles. The average molecular weight is 245 g/mol. The average Bonchev–Trinajstić information content (AvgIpc) is 2.34. The maximum atomic E-state index is 13.0. The first-order chi connectivity index (χ1) is 8.60. The fraction of sp³-hybridized carbons (Fsp3) is 0.200. The van der Waals surface area contributed by atoms with Crippen LogP contribution in [-0.2, 0) is 6.54 Å². The van der Waals surface area contributed by atoms with Crippen LogP contribution in [0.5, 0.6) is 11.5 Å². The van der Waals surface area contributed by atoms with Crippen molar-refractivity contribution in [2.24, 2.45) is 5.73 Å². The lowest BCUT2D eigenvalue weighted by atomic mass is 10.1. The van der Waals surface area contributed by atoms with Gasteiger partial charge in [-0.15, -0.1) is 0 Å². The van der Waals surface area contributed by atoms with Crippen LogP contribution in [0.1, 0.15) is 16.7 Å². The largest absolute Gasteiger partial charge is 0.457 e. The van der Waals surface area contributed by atoms with Gasteiger partial charge in [-0.2, -0.15) is 0 Å². The van der Waals surface area contributed by atoms with Gasteiger partial charge in [0.25, 0.3) is 0 Å². The Hall–Kier alpha value is -1.87. The Morgan fingerprint density at radius 2 is 1.61 bits per heavy atom. The Labute approximate surface area is 106 Å². The predicted molar refractivity (Wildman–Crippen MR) is 70.3 cm³/mol. The highest BCUT2D eigenvalue weighted by Crippen LogP contribution is 2.28. The van der Waals surface area contributed by atoms with Crippen molar-refractivity contribution in [3.05, 3.63) is 58.9 Å². The molecule has 0 fully saturated rings. The van der Waals surface area contributed by atoms with Crippen LogP contribution in [0.4, 0.5) is 4.39 Å². The number of aryl methyl sites for hydroxylation is 2. The SMILES string of the molecule is Cc1cc(F)ccc1Oc1ccc(CN)cc1C. The molecule has 2 rings (SSSR count). The molecule has 0 heterocycles. The van der Waals surface area contributed by atoms with Crippen LogP contribution in [0, 0.1) is 19.7 Å². The van der Waals surface area contributed by atoms with E-state index in [1.165, 1.54) is 12.1 Å². The lowest BCUT2D eigenvalue weighted by Gasteiger charge is -2.11. The molecule has 18 heavy (non-hydrogen) atoms. The van der Waals surface area contributed by atoms with E-state index < -0.39 is 0 Å². The van der Waals surface area contributed by atoms with E-state index in [2.05, 4.69) is 0 Å². The number of benzene rings is 2. The van der Waals surface area contributed by atoms with Crippen LogP contribution in [0.25, 0.3) is 0 Å². The summed E-state index contributed by atoms with van der Waals surface area (Å²) in [6.45, 7) is 4.30. The zero-order chi connectivity index (χ0) is 13.1. The molecule has 2 aromatic rings. The van der Waals surface area contributed by atoms with E-state index in [-0.39, 0.29) is 5.82 Å². The molecule has 2 N–H and O–H groups in total. The molecule has 0 aromatic heterocycles. The number of halogens is 1. The molecule has 0 bridgehead atoms. The Morgan fingerprint density at radius 3 is 2.17 bits per heavy atom. The molecule has 94 valence electrons. The molecule has 0 amide bonds. The predicted octanol–water partition coefficient (Wildman–Crippen LogP) is 3.69. The number of hydrogen-bond donors (Lipinski definition) is 1. The minimum absolute atomic E-state index is 0.255. The van der Waals surface area contributed by atoms with Crippen LogP contribution in [-0.4, -0.2) is 0 Å². The van der Waals surface area contributed by atoms with Crippen molar-refractivity contribution in [3.63, 3.8) is 0 Å². The Kier molecular flexibility index (Phi) is 3.63. The summed E-state index contributed by atoms with van der Waals surface area (Å²) in [6.07, 6.45) is 0. The molecule has 0 aliphatic carbocycles. The van der Waals surface area contributed by atoms with Gasteiger partial charge in [0.1, 0.15) is 17.3 Å². The second-order valence-corrected chi connectivity index (χ2v) is 4.32. The number of hydrogen-bond acceptors (Lipinski definition) is 2. The summed E-state index contributed by atoms with van der Waals surface area (Å²) in [5, 5.41) is 0. The normalized spacial score (nSPS) is 10.4. The first kappa shape index (κ1) is 12.6. The summed E-state index contributed by atoms with van der Waals surface area (Å²) in [7, 11) is 0. The molecule has 3 heteroatoms. The molecular formula is C15H16FNO. The quantitative estimate of drug-likeness (QED) is 0.895. The van der Waals surface area contributed by atoms with Crippen molar-refractivity contribution >= 4 is 0 Å². The van der Waals surface area contributed by atoms with Gasteiger partial charge < -0.3 is 10.5 Å². The number of ether oxygens (including phenoxy) is 1. The zero-order valence-electron chi connectivity index (χ0n) is 10.5. The van der Waals surface area contributed by atoms with Crippen LogP contribution in [0.2, 0.25) is 0 Å². The van der Waals surface area contributed by atoms with Gasteiger partial charge in [-0.05, 0) is 54.8 Å². The molecular weight excluding hydrogens is 229 g/mol. The Balaban J connectivity index is 2.28. The van der Waals surface area contributed by atoms with Gasteiger partial charge in [0, 0.05) is 6.54 Å². The molecule has 0 atom stereocenters. The summed E-state index contributed by atoms with van der Waals surface area (Å²) in [5.41, 5.74) is 8.44. The second-order valence-electron chi connectivity index (χ2n) is 4.32. The first-order valence-corrected chi connectivity index (χ1v) is 5.84. The van der Waals surface area contributed by atoms with E-state index in [4.69, 9.17) is 10.5 Å². The first-order valence-electron chi connectivity index (χ1n) is 5.84. The van der Waals surface area contributed by atoms with E-state index in [1.54, 1.807) is 6.07 Å². The van der Waals surface area contributed by atoms with Crippen LogP contribution >= 0.6 is 0 Å². The summed E-state index contributed by atoms with van der Waals surface area (Å²) in [5.74, 6) is 1.18. The third-order valence-corrected chi connectivity index (χ3v) is 2.83. The molecule has 0 radical (unpaired) electrons. The summed E-state index contributed by atoms with van der Waals surface area (Å²) < 4.78 is 18.8. The Morgan fingerprint density at radius 1 is 1.00 bits per heavy atom. The number of nitrogens with two attached hydrogens (primary N) is 1. The monoisotopic (exact) mass is 245 g/mol. The van der Waals surface area contributed by atoms with Crippen molar-refractivity contribution in [1.29, 1.82) is 0 Å². The van der Waals surface area contributed by atoms with Crippen molar-refractivity contribution in [2.75, 3.05) is 0 Å². The van der Waals surface area contributed by atoms with E-state index in [0.717, 1.165) is 22.4 Å². The van der Waals surface area contributed by atoms with Gasteiger partial charge >= 0.3 is 0 Å². The Bertz CT molecular complexity index is 566. The molecule has 0 saturated carbocycles. The van der Waals surface area contributed by atoms with Crippen LogP contribution in [0.15, 0.2) is 36.4 Å². The fourth-order valence-corrected chi connectivity index (χ4v) is 1.80. The van der Waals surface area contributed by atoms with Crippen molar-refractivity contribution in [2.45, 2.75) is 20.4 Å². The smallest absolute Gasteiger partial charge is 0.130 e. The minimum atomic E-state index is -0.255. The van der Waals surface area contributed by atoms with Gasteiger partial charge in [0.15, 0.2) is 0 Å². The van der Waals surface area contributed by atoms with E-state index in [0.29, 0.717) is 12.3 Å². The highest BCUT2D eigenvalue weighted by Gasteiger charge is 2.05. The molecule has 2 nitrogen and oxygen atoms in total. The summed E-state index contributed by atoms with van der Waals surface area (Å²) in [4.78, 5) is 0.